The summed E-state index contributed by atoms with van der Waals surface area (Å²) < 4.78 is 0. The van der Waals surface area contributed by atoms with E-state index in [1.807, 2.05) is 0 Å². The highest BCUT2D eigenvalue weighted by Crippen LogP contribution is 2.35. The second-order valence-electron chi connectivity index (χ2n) is 9.60. The maximum atomic E-state index is 2.82. The minimum absolute atomic E-state index is 0.342. The Hall–Kier alpha value is -0.120. The summed E-state index contributed by atoms with van der Waals surface area (Å²) in [5.41, 5.74) is 0.704. The molecule has 0 saturated carbocycles. The van der Waals surface area contributed by atoms with E-state index in [4.69, 9.17) is 0 Å². The molecule has 0 radical (unpaired) electrons. The van der Waals surface area contributed by atoms with Gasteiger partial charge in [0.1, 0.15) is 0 Å². The van der Waals surface area contributed by atoms with E-state index in [2.05, 4.69) is 56.2 Å². The summed E-state index contributed by atoms with van der Waals surface area (Å²) in [7, 11) is 0. The first kappa shape index (κ1) is 15.8. The average molecular weight is 293 g/mol. The highest BCUT2D eigenvalue weighted by molar-refractivity contribution is 5.00. The standard InChI is InChI=1S/C18H35N3/c1-17(2,3)20-10-14(11-20)9-19-12-16-8-7-15(19)13-21(16)18(4,5)6/h14-16H,7-13H2,1-6H3. The van der Waals surface area contributed by atoms with Crippen molar-refractivity contribution < 1.29 is 0 Å². The monoisotopic (exact) mass is 293 g/mol. The van der Waals surface area contributed by atoms with Gasteiger partial charge in [-0.3, -0.25) is 14.7 Å². The van der Waals surface area contributed by atoms with Crippen LogP contribution in [-0.2, 0) is 0 Å². The Morgan fingerprint density at radius 1 is 0.762 bits per heavy atom. The molecule has 0 aromatic carbocycles. The Balaban J connectivity index is 1.52. The Labute approximate surface area is 131 Å². The third-order valence-corrected chi connectivity index (χ3v) is 5.90. The van der Waals surface area contributed by atoms with Gasteiger partial charge in [-0.2, -0.15) is 0 Å². The van der Waals surface area contributed by atoms with Crippen LogP contribution in [0, 0.1) is 5.92 Å². The molecule has 2 unspecified atom stereocenters. The van der Waals surface area contributed by atoms with Gasteiger partial charge in [0.25, 0.3) is 0 Å². The lowest BCUT2D eigenvalue weighted by atomic mass is 9.85. The Kier molecular flexibility index (Phi) is 3.91. The van der Waals surface area contributed by atoms with Gasteiger partial charge in [-0.15, -0.1) is 0 Å². The number of hydrogen-bond donors (Lipinski definition) is 0. The van der Waals surface area contributed by atoms with E-state index in [9.17, 15) is 0 Å². The lowest BCUT2D eigenvalue weighted by Gasteiger charge is -2.57. The van der Waals surface area contributed by atoms with Crippen LogP contribution in [0.25, 0.3) is 0 Å². The van der Waals surface area contributed by atoms with Crippen LogP contribution in [0.3, 0.4) is 0 Å². The van der Waals surface area contributed by atoms with E-state index in [-0.39, 0.29) is 0 Å². The van der Waals surface area contributed by atoms with E-state index < -0.39 is 0 Å². The van der Waals surface area contributed by atoms with Crippen molar-refractivity contribution in [2.45, 2.75) is 77.5 Å². The van der Waals surface area contributed by atoms with Crippen molar-refractivity contribution in [1.82, 2.24) is 14.7 Å². The van der Waals surface area contributed by atoms with Crippen molar-refractivity contribution in [3.8, 4) is 0 Å². The summed E-state index contributed by atoms with van der Waals surface area (Å²) in [5, 5.41) is 0. The molecule has 4 saturated heterocycles. The fourth-order valence-corrected chi connectivity index (χ4v) is 4.53. The number of piperazine rings is 1. The molecule has 4 fully saturated rings. The van der Waals surface area contributed by atoms with Gasteiger partial charge in [0.05, 0.1) is 0 Å². The molecule has 3 heteroatoms. The number of fused-ring (bicyclic) bond motifs is 3. The second kappa shape index (κ2) is 5.21. The fraction of sp³-hybridized carbons (Fsp3) is 1.00. The molecule has 4 aliphatic rings. The number of piperidine rings is 2. The molecular weight excluding hydrogens is 258 g/mol. The van der Waals surface area contributed by atoms with E-state index in [1.165, 1.54) is 45.6 Å². The molecule has 2 bridgehead atoms. The van der Waals surface area contributed by atoms with Gasteiger partial charge in [-0.25, -0.2) is 0 Å². The lowest BCUT2D eigenvalue weighted by Crippen LogP contribution is -2.68. The molecule has 122 valence electrons. The third kappa shape index (κ3) is 3.16. The van der Waals surface area contributed by atoms with Crippen LogP contribution in [0.2, 0.25) is 0 Å². The quantitative estimate of drug-likeness (QED) is 0.775. The first-order valence-corrected chi connectivity index (χ1v) is 8.90. The van der Waals surface area contributed by atoms with Gasteiger partial charge in [-0.1, -0.05) is 0 Å². The summed E-state index contributed by atoms with van der Waals surface area (Å²) in [6, 6.07) is 1.62. The molecule has 4 heterocycles. The summed E-state index contributed by atoms with van der Waals surface area (Å²) in [6.07, 6.45) is 2.84. The number of nitrogens with zero attached hydrogens (tertiary/aromatic N) is 3. The van der Waals surface area contributed by atoms with E-state index in [0.29, 0.717) is 11.1 Å². The third-order valence-electron chi connectivity index (χ3n) is 5.90. The smallest absolute Gasteiger partial charge is 0.0229 e. The zero-order chi connectivity index (χ0) is 15.4. The minimum Gasteiger partial charge on any atom is -0.298 e. The summed E-state index contributed by atoms with van der Waals surface area (Å²) in [5.74, 6) is 0.909. The van der Waals surface area contributed by atoms with Crippen molar-refractivity contribution in [2.75, 3.05) is 32.7 Å². The Morgan fingerprint density at radius 2 is 1.38 bits per heavy atom. The molecule has 4 rings (SSSR count). The van der Waals surface area contributed by atoms with Gasteiger partial charge in [-0.05, 0) is 60.3 Å². The molecule has 21 heavy (non-hydrogen) atoms. The number of likely N-dealkylation sites (tertiary alicyclic amines) is 1. The van der Waals surface area contributed by atoms with Crippen molar-refractivity contribution in [2.24, 2.45) is 5.92 Å². The van der Waals surface area contributed by atoms with Gasteiger partial charge in [0, 0.05) is 55.9 Å². The van der Waals surface area contributed by atoms with Crippen LogP contribution < -0.4 is 0 Å². The summed E-state index contributed by atoms with van der Waals surface area (Å²) in [4.78, 5) is 8.21. The molecule has 0 aliphatic carbocycles. The van der Waals surface area contributed by atoms with Crippen LogP contribution >= 0.6 is 0 Å². The van der Waals surface area contributed by atoms with Gasteiger partial charge < -0.3 is 0 Å². The molecular formula is C18H35N3. The van der Waals surface area contributed by atoms with Crippen molar-refractivity contribution in [3.05, 3.63) is 0 Å². The predicted molar refractivity (Wildman–Crippen MR) is 89.7 cm³/mol. The van der Waals surface area contributed by atoms with E-state index in [0.717, 1.165) is 18.0 Å². The molecule has 4 aliphatic heterocycles. The molecule has 2 atom stereocenters. The van der Waals surface area contributed by atoms with Crippen LogP contribution in [0.4, 0.5) is 0 Å². The largest absolute Gasteiger partial charge is 0.298 e. The highest BCUT2D eigenvalue weighted by Gasteiger charge is 2.44. The highest BCUT2D eigenvalue weighted by atomic mass is 15.4. The maximum Gasteiger partial charge on any atom is 0.0229 e. The van der Waals surface area contributed by atoms with Gasteiger partial charge in [0.2, 0.25) is 0 Å². The van der Waals surface area contributed by atoms with Crippen LogP contribution in [0.1, 0.15) is 54.4 Å². The van der Waals surface area contributed by atoms with Gasteiger partial charge >= 0.3 is 0 Å². The SMILES string of the molecule is CC(C)(C)N1CC(CN2CC3CCC2CN3C(C)(C)C)C1. The normalized spacial score (nSPS) is 33.4. The first-order valence-electron chi connectivity index (χ1n) is 8.90. The summed E-state index contributed by atoms with van der Waals surface area (Å²) in [6.45, 7) is 20.7. The lowest BCUT2D eigenvalue weighted by molar-refractivity contribution is -0.0834. The molecule has 0 aromatic rings. The van der Waals surface area contributed by atoms with Crippen LogP contribution in [0.15, 0.2) is 0 Å². The number of rotatable bonds is 2. The Bertz CT molecular complexity index is 373. The van der Waals surface area contributed by atoms with E-state index in [1.54, 1.807) is 0 Å². The fourth-order valence-electron chi connectivity index (χ4n) is 4.53. The first-order chi connectivity index (χ1) is 9.64. The van der Waals surface area contributed by atoms with Crippen LogP contribution in [0.5, 0.6) is 0 Å². The van der Waals surface area contributed by atoms with Crippen molar-refractivity contribution in [3.63, 3.8) is 0 Å². The average Bonchev–Trinajstić information content (AvgIpc) is 2.31. The molecule has 3 nitrogen and oxygen atoms in total. The molecule has 0 amide bonds. The zero-order valence-corrected chi connectivity index (χ0v) is 15.0. The van der Waals surface area contributed by atoms with Crippen molar-refractivity contribution in [1.29, 1.82) is 0 Å². The zero-order valence-electron chi connectivity index (χ0n) is 15.0. The minimum atomic E-state index is 0.342. The molecule has 0 spiro atoms. The topological polar surface area (TPSA) is 9.72 Å². The maximum absolute atomic E-state index is 2.82. The molecule has 0 aromatic heterocycles. The van der Waals surface area contributed by atoms with Crippen molar-refractivity contribution >= 4 is 0 Å². The van der Waals surface area contributed by atoms with Crippen LogP contribution in [-0.4, -0.2) is 70.6 Å². The Morgan fingerprint density at radius 3 is 1.86 bits per heavy atom. The predicted octanol–water partition coefficient (Wildman–Crippen LogP) is 2.66. The second-order valence-corrected chi connectivity index (χ2v) is 9.60. The summed E-state index contributed by atoms with van der Waals surface area (Å²) >= 11 is 0. The van der Waals surface area contributed by atoms with Gasteiger partial charge in [0.15, 0.2) is 0 Å². The van der Waals surface area contributed by atoms with E-state index >= 15 is 0 Å². The number of hydrogen-bond acceptors (Lipinski definition) is 3. The molecule has 0 N–H and O–H groups in total.